The van der Waals surface area contributed by atoms with Gasteiger partial charge in [-0.3, -0.25) is 4.79 Å². The van der Waals surface area contributed by atoms with Gasteiger partial charge in [0.2, 0.25) is 5.91 Å². The van der Waals surface area contributed by atoms with Gasteiger partial charge in [-0.2, -0.15) is 0 Å². The second kappa shape index (κ2) is 5.96. The molecule has 0 aromatic heterocycles. The average molecular weight is 274 g/mol. The van der Waals surface area contributed by atoms with Crippen LogP contribution < -0.4 is 5.32 Å². The van der Waals surface area contributed by atoms with Crippen LogP contribution in [0.5, 0.6) is 0 Å². The van der Waals surface area contributed by atoms with Crippen molar-refractivity contribution in [2.45, 2.75) is 40.2 Å². The van der Waals surface area contributed by atoms with Crippen LogP contribution in [0.4, 0.5) is 0 Å². The maximum atomic E-state index is 12.8. The summed E-state index contributed by atoms with van der Waals surface area (Å²) in [7, 11) is 1.93. The number of hydrogen-bond acceptors (Lipinski definition) is 2. The van der Waals surface area contributed by atoms with Gasteiger partial charge in [-0.05, 0) is 44.4 Å². The van der Waals surface area contributed by atoms with Gasteiger partial charge in [-0.25, -0.2) is 0 Å². The third-order valence-electron chi connectivity index (χ3n) is 4.63. The van der Waals surface area contributed by atoms with Crippen LogP contribution in [0.15, 0.2) is 18.2 Å². The molecule has 0 saturated carbocycles. The monoisotopic (exact) mass is 274 g/mol. The summed E-state index contributed by atoms with van der Waals surface area (Å²) in [6.07, 6.45) is 1.87. The molecule has 1 atom stereocenters. The quantitative estimate of drug-likeness (QED) is 0.915. The van der Waals surface area contributed by atoms with E-state index in [1.807, 2.05) is 11.9 Å². The van der Waals surface area contributed by atoms with E-state index in [1.54, 1.807) is 0 Å². The van der Waals surface area contributed by atoms with Crippen molar-refractivity contribution in [2.75, 3.05) is 20.1 Å². The van der Waals surface area contributed by atoms with Crippen molar-refractivity contribution in [3.8, 4) is 0 Å². The Morgan fingerprint density at radius 2 is 2.15 bits per heavy atom. The van der Waals surface area contributed by atoms with Gasteiger partial charge in [0.05, 0.1) is 5.41 Å². The number of rotatable bonds is 4. The predicted molar refractivity (Wildman–Crippen MR) is 82.6 cm³/mol. The molecule has 20 heavy (non-hydrogen) atoms. The van der Waals surface area contributed by atoms with Gasteiger partial charge in [0.25, 0.3) is 0 Å². The fraction of sp³-hybridized carbons (Fsp3) is 0.588. The van der Waals surface area contributed by atoms with Crippen LogP contribution in [0, 0.1) is 19.3 Å². The molecule has 2 rings (SSSR count). The van der Waals surface area contributed by atoms with E-state index in [0.29, 0.717) is 6.54 Å². The highest BCUT2D eigenvalue weighted by molar-refractivity contribution is 5.83. The fourth-order valence-corrected chi connectivity index (χ4v) is 3.13. The third kappa shape index (κ3) is 2.88. The molecule has 1 aromatic carbocycles. The van der Waals surface area contributed by atoms with Crippen molar-refractivity contribution in [3.05, 3.63) is 34.9 Å². The molecule has 0 radical (unpaired) electrons. The normalized spacial score (nSPS) is 22.0. The van der Waals surface area contributed by atoms with Crippen LogP contribution in [0.1, 0.15) is 36.5 Å². The Morgan fingerprint density at radius 3 is 2.70 bits per heavy atom. The minimum absolute atomic E-state index is 0.187. The van der Waals surface area contributed by atoms with E-state index in [1.165, 1.54) is 16.7 Å². The summed E-state index contributed by atoms with van der Waals surface area (Å²) in [6.45, 7) is 8.81. The third-order valence-corrected chi connectivity index (χ3v) is 4.63. The maximum Gasteiger partial charge on any atom is 0.230 e. The number of benzene rings is 1. The van der Waals surface area contributed by atoms with Crippen molar-refractivity contribution < 1.29 is 4.79 Å². The largest absolute Gasteiger partial charge is 0.341 e. The molecular formula is C17H26N2O. The molecule has 3 nitrogen and oxygen atoms in total. The lowest BCUT2D eigenvalue weighted by Gasteiger charge is -2.31. The second-order valence-electron chi connectivity index (χ2n) is 6.15. The molecule has 110 valence electrons. The average Bonchev–Trinajstić information content (AvgIpc) is 2.91. The molecule has 3 heteroatoms. The summed E-state index contributed by atoms with van der Waals surface area (Å²) >= 11 is 0. The molecule has 1 saturated heterocycles. The van der Waals surface area contributed by atoms with Gasteiger partial charge in [0, 0.05) is 20.1 Å². The lowest BCUT2D eigenvalue weighted by molar-refractivity contribution is -0.140. The van der Waals surface area contributed by atoms with Crippen LogP contribution in [-0.4, -0.2) is 30.9 Å². The Bertz CT molecular complexity index is 490. The SMILES string of the molecule is CCC1(C(=O)N(C)Cc2ccc(C)cc2C)CCNC1. The van der Waals surface area contributed by atoms with E-state index in [4.69, 9.17) is 0 Å². The predicted octanol–water partition coefficient (Wildman–Crippen LogP) is 2.65. The highest BCUT2D eigenvalue weighted by atomic mass is 16.2. The van der Waals surface area contributed by atoms with Crippen LogP contribution >= 0.6 is 0 Å². The highest BCUT2D eigenvalue weighted by Crippen LogP contribution is 2.32. The van der Waals surface area contributed by atoms with Crippen molar-refractivity contribution >= 4 is 5.91 Å². The molecule has 1 aromatic rings. The molecule has 0 aliphatic carbocycles. The molecule has 1 aliphatic rings. The summed E-state index contributed by atoms with van der Waals surface area (Å²) in [5.41, 5.74) is 3.58. The van der Waals surface area contributed by atoms with Crippen molar-refractivity contribution in [1.82, 2.24) is 10.2 Å². The van der Waals surface area contributed by atoms with Gasteiger partial charge < -0.3 is 10.2 Å². The van der Waals surface area contributed by atoms with Crippen molar-refractivity contribution in [2.24, 2.45) is 5.41 Å². The van der Waals surface area contributed by atoms with E-state index < -0.39 is 0 Å². The molecule has 0 spiro atoms. The maximum absolute atomic E-state index is 12.8. The molecule has 1 fully saturated rings. The first-order chi connectivity index (χ1) is 9.48. The van der Waals surface area contributed by atoms with E-state index in [-0.39, 0.29) is 11.3 Å². The van der Waals surface area contributed by atoms with Crippen LogP contribution in [0.25, 0.3) is 0 Å². The zero-order chi connectivity index (χ0) is 14.8. The Morgan fingerprint density at radius 1 is 1.40 bits per heavy atom. The van der Waals surface area contributed by atoms with E-state index >= 15 is 0 Å². The zero-order valence-electron chi connectivity index (χ0n) is 13.1. The van der Waals surface area contributed by atoms with Gasteiger partial charge in [-0.15, -0.1) is 0 Å². The first-order valence-corrected chi connectivity index (χ1v) is 7.51. The number of nitrogens with zero attached hydrogens (tertiary/aromatic N) is 1. The summed E-state index contributed by atoms with van der Waals surface area (Å²) in [4.78, 5) is 14.7. The summed E-state index contributed by atoms with van der Waals surface area (Å²) in [6, 6.07) is 6.44. The lowest BCUT2D eigenvalue weighted by Crippen LogP contribution is -2.43. The molecule has 1 heterocycles. The lowest BCUT2D eigenvalue weighted by atomic mass is 9.82. The van der Waals surface area contributed by atoms with E-state index in [2.05, 4.69) is 44.3 Å². The summed E-state index contributed by atoms with van der Waals surface area (Å²) in [5, 5.41) is 3.34. The number of carbonyl (C=O) groups excluding carboxylic acids is 1. The van der Waals surface area contributed by atoms with Gasteiger partial charge in [0.15, 0.2) is 0 Å². The molecule has 1 unspecified atom stereocenters. The van der Waals surface area contributed by atoms with Crippen LogP contribution in [0.2, 0.25) is 0 Å². The number of carbonyl (C=O) groups is 1. The second-order valence-corrected chi connectivity index (χ2v) is 6.15. The molecule has 0 bridgehead atoms. The van der Waals surface area contributed by atoms with Crippen LogP contribution in [-0.2, 0) is 11.3 Å². The smallest absolute Gasteiger partial charge is 0.230 e. The topological polar surface area (TPSA) is 32.3 Å². The molecular weight excluding hydrogens is 248 g/mol. The van der Waals surface area contributed by atoms with E-state index in [9.17, 15) is 4.79 Å². The van der Waals surface area contributed by atoms with Crippen molar-refractivity contribution in [3.63, 3.8) is 0 Å². The summed E-state index contributed by atoms with van der Waals surface area (Å²) in [5.74, 6) is 0.282. The molecule has 1 aliphatic heterocycles. The number of nitrogens with one attached hydrogen (secondary N) is 1. The summed E-state index contributed by atoms with van der Waals surface area (Å²) < 4.78 is 0. The van der Waals surface area contributed by atoms with E-state index in [0.717, 1.165) is 25.9 Å². The fourth-order valence-electron chi connectivity index (χ4n) is 3.13. The highest BCUT2D eigenvalue weighted by Gasteiger charge is 2.41. The Kier molecular flexibility index (Phi) is 4.48. The first kappa shape index (κ1) is 15.0. The number of amides is 1. The van der Waals surface area contributed by atoms with Gasteiger partial charge >= 0.3 is 0 Å². The molecule has 1 amide bonds. The Hall–Kier alpha value is -1.35. The minimum Gasteiger partial charge on any atom is -0.341 e. The minimum atomic E-state index is -0.187. The number of hydrogen-bond donors (Lipinski definition) is 1. The van der Waals surface area contributed by atoms with Crippen LogP contribution in [0.3, 0.4) is 0 Å². The Balaban J connectivity index is 2.11. The Labute approximate surface area is 122 Å². The van der Waals surface area contributed by atoms with Gasteiger partial charge in [0.1, 0.15) is 0 Å². The molecule has 1 N–H and O–H groups in total. The van der Waals surface area contributed by atoms with Gasteiger partial charge in [-0.1, -0.05) is 30.7 Å². The van der Waals surface area contributed by atoms with Crippen molar-refractivity contribution in [1.29, 1.82) is 0 Å². The number of aryl methyl sites for hydroxylation is 2. The first-order valence-electron chi connectivity index (χ1n) is 7.51. The zero-order valence-corrected chi connectivity index (χ0v) is 13.1. The standard InChI is InChI=1S/C17H26N2O/c1-5-17(8-9-18-12-17)16(20)19(4)11-15-7-6-13(2)10-14(15)3/h6-7,10,18H,5,8-9,11-12H2,1-4H3.